The summed E-state index contributed by atoms with van der Waals surface area (Å²) in [5.74, 6) is -1.56. The van der Waals surface area contributed by atoms with Crippen molar-refractivity contribution in [2.75, 3.05) is 45.2 Å². The predicted molar refractivity (Wildman–Crippen MR) is 200 cm³/mol. The van der Waals surface area contributed by atoms with Crippen LogP contribution in [-0.4, -0.2) is 70.1 Å². The van der Waals surface area contributed by atoms with E-state index in [0.717, 1.165) is 59.6 Å². The number of nitrogens with one attached hydrogen (secondary N) is 1. The molecule has 0 bridgehead atoms. The minimum atomic E-state index is -0.795. The molecule has 2 aromatic carbocycles. The highest BCUT2D eigenvalue weighted by molar-refractivity contribution is 7.22. The van der Waals surface area contributed by atoms with Gasteiger partial charge in [-0.05, 0) is 74.1 Å². The number of hydrogen-bond donors (Lipinski definition) is 1. The second kappa shape index (κ2) is 16.0. The number of aromatic nitrogens is 3. The van der Waals surface area contributed by atoms with E-state index in [1.807, 2.05) is 18.3 Å². The van der Waals surface area contributed by atoms with E-state index in [4.69, 9.17) is 14.5 Å². The van der Waals surface area contributed by atoms with Gasteiger partial charge in [0.25, 0.3) is 11.5 Å². The monoisotopic (exact) mass is 744 g/mol. The van der Waals surface area contributed by atoms with Gasteiger partial charge in [0.1, 0.15) is 22.9 Å². The number of hydrogen-bond acceptors (Lipinski definition) is 9. The van der Waals surface area contributed by atoms with Crippen LogP contribution in [-0.2, 0) is 6.54 Å². The van der Waals surface area contributed by atoms with Crippen molar-refractivity contribution in [3.05, 3.63) is 125 Å². The SMILES string of the molecule is CCOc1ccn(-c2ccc(F)cc2)c(=O)c1C(=O)Nc1ccc(Oc2ccnc3cc(-c4ccc(CN5CCN(C)CC5)cn4)sc23)c(F)c1.Cl. The zero-order chi connectivity index (χ0) is 35.5. The Hall–Kier alpha value is -5.21. The van der Waals surface area contributed by atoms with Gasteiger partial charge in [0, 0.05) is 74.8 Å². The summed E-state index contributed by atoms with van der Waals surface area (Å²) in [7, 11) is 2.14. The van der Waals surface area contributed by atoms with Crippen molar-refractivity contribution in [3.8, 4) is 33.5 Å². The fourth-order valence-electron chi connectivity index (χ4n) is 5.83. The molecule has 0 unspecified atom stereocenters. The summed E-state index contributed by atoms with van der Waals surface area (Å²) in [6.45, 7) is 6.97. The molecule has 0 spiro atoms. The number of ether oxygens (including phenoxy) is 2. The van der Waals surface area contributed by atoms with Crippen molar-refractivity contribution in [3.63, 3.8) is 0 Å². The first-order valence-corrected chi connectivity index (χ1v) is 17.3. The Bertz CT molecular complexity index is 2260. The van der Waals surface area contributed by atoms with Crippen LogP contribution in [0.1, 0.15) is 22.8 Å². The van der Waals surface area contributed by atoms with Crippen LogP contribution < -0.4 is 20.3 Å². The number of fused-ring (bicyclic) bond motifs is 1. The number of nitrogens with zero attached hydrogens (tertiary/aromatic N) is 5. The lowest BCUT2D eigenvalue weighted by atomic mass is 10.2. The molecular weight excluding hydrogens is 710 g/mol. The second-order valence-corrected chi connectivity index (χ2v) is 13.2. The number of rotatable bonds is 10. The first-order valence-electron chi connectivity index (χ1n) is 16.4. The molecule has 0 saturated carbocycles. The van der Waals surface area contributed by atoms with E-state index in [1.54, 1.807) is 19.2 Å². The van der Waals surface area contributed by atoms with E-state index in [9.17, 15) is 14.0 Å². The van der Waals surface area contributed by atoms with Gasteiger partial charge >= 0.3 is 0 Å². The number of benzene rings is 2. The van der Waals surface area contributed by atoms with E-state index in [0.29, 0.717) is 17.0 Å². The average molecular weight is 745 g/mol. The van der Waals surface area contributed by atoms with Gasteiger partial charge < -0.3 is 19.7 Å². The number of anilines is 1. The second-order valence-electron chi connectivity index (χ2n) is 12.1. The Balaban J connectivity index is 0.00000464. The summed E-state index contributed by atoms with van der Waals surface area (Å²) in [5, 5.41) is 2.59. The van der Waals surface area contributed by atoms with Crippen LogP contribution in [0.5, 0.6) is 17.2 Å². The van der Waals surface area contributed by atoms with Gasteiger partial charge in [-0.15, -0.1) is 23.7 Å². The van der Waals surface area contributed by atoms with Gasteiger partial charge in [-0.2, -0.15) is 0 Å². The highest BCUT2D eigenvalue weighted by atomic mass is 35.5. The fraction of sp³-hybridized carbons (Fsp3) is 0.211. The molecule has 0 radical (unpaired) electrons. The summed E-state index contributed by atoms with van der Waals surface area (Å²) in [5.41, 5.74) is 2.16. The minimum absolute atomic E-state index is 0. The summed E-state index contributed by atoms with van der Waals surface area (Å²) in [6.07, 6.45) is 4.95. The Kier molecular flexibility index (Phi) is 11.2. The fourth-order valence-corrected chi connectivity index (χ4v) is 6.87. The standard InChI is InChI=1S/C38H34F2N6O4S.ClH/c1-3-49-32-13-15-46(27-8-5-25(39)6-9-27)38(48)35(32)37(47)43-26-7-11-31(28(40)20-26)50-33-12-14-41-30-21-34(51-36(30)33)29-10-4-24(22-42-29)23-45-18-16-44(2)17-19-45;/h4-15,20-22H,3,16-19,23H2,1-2H3,(H,43,47);1H. The van der Waals surface area contributed by atoms with Crippen molar-refractivity contribution >= 4 is 45.6 Å². The van der Waals surface area contributed by atoms with Crippen LogP contribution >= 0.6 is 23.7 Å². The summed E-state index contributed by atoms with van der Waals surface area (Å²) in [6, 6.07) is 18.4. The molecule has 1 amide bonds. The maximum Gasteiger partial charge on any atom is 0.271 e. The number of amides is 1. The molecule has 1 N–H and O–H groups in total. The number of piperazine rings is 1. The van der Waals surface area contributed by atoms with Crippen LogP contribution in [0.2, 0.25) is 0 Å². The third-order valence-electron chi connectivity index (χ3n) is 8.55. The molecule has 10 nitrogen and oxygen atoms in total. The van der Waals surface area contributed by atoms with Crippen molar-refractivity contribution in [2.45, 2.75) is 13.5 Å². The molecule has 5 heterocycles. The van der Waals surface area contributed by atoms with Gasteiger partial charge in [-0.25, -0.2) is 8.78 Å². The van der Waals surface area contributed by atoms with Crippen LogP contribution in [0.15, 0.2) is 96.2 Å². The van der Waals surface area contributed by atoms with E-state index >= 15 is 4.39 Å². The van der Waals surface area contributed by atoms with Crippen LogP contribution in [0.4, 0.5) is 14.5 Å². The normalized spacial score (nSPS) is 13.5. The number of carbonyl (C=O) groups excluding carboxylic acids is 1. The lowest BCUT2D eigenvalue weighted by Crippen LogP contribution is -2.43. The number of pyridine rings is 3. The minimum Gasteiger partial charge on any atom is -0.493 e. The molecule has 1 aliphatic rings. The van der Waals surface area contributed by atoms with Gasteiger partial charge in [0.15, 0.2) is 11.6 Å². The van der Waals surface area contributed by atoms with Crippen molar-refractivity contribution in [1.82, 2.24) is 24.3 Å². The quantitative estimate of drug-likeness (QED) is 0.155. The summed E-state index contributed by atoms with van der Waals surface area (Å²) in [4.78, 5) is 41.7. The Morgan fingerprint density at radius 2 is 1.71 bits per heavy atom. The highest BCUT2D eigenvalue weighted by Gasteiger charge is 2.22. The topological polar surface area (TPSA) is 102 Å². The largest absolute Gasteiger partial charge is 0.493 e. The van der Waals surface area contributed by atoms with Gasteiger partial charge in [-0.1, -0.05) is 6.07 Å². The molecule has 7 rings (SSSR count). The average Bonchev–Trinajstić information content (AvgIpc) is 3.57. The Labute approximate surface area is 308 Å². The summed E-state index contributed by atoms with van der Waals surface area (Å²) >= 11 is 1.45. The lowest BCUT2D eigenvalue weighted by molar-refractivity contribution is 0.102. The molecule has 14 heteroatoms. The van der Waals surface area contributed by atoms with Crippen LogP contribution in [0.3, 0.4) is 0 Å². The first-order chi connectivity index (χ1) is 24.7. The molecule has 6 aromatic rings. The Morgan fingerprint density at radius 1 is 0.923 bits per heavy atom. The van der Waals surface area contributed by atoms with Gasteiger partial charge in [-0.3, -0.25) is 29.0 Å². The van der Waals surface area contributed by atoms with Crippen molar-refractivity contribution < 1.29 is 23.0 Å². The zero-order valence-corrected chi connectivity index (χ0v) is 30.0. The zero-order valence-electron chi connectivity index (χ0n) is 28.3. The van der Waals surface area contributed by atoms with E-state index < -0.39 is 23.1 Å². The molecule has 52 heavy (non-hydrogen) atoms. The number of carbonyl (C=O) groups is 1. The molecular formula is C38H35ClF2N6O4S. The maximum absolute atomic E-state index is 15.5. The summed E-state index contributed by atoms with van der Waals surface area (Å²) < 4.78 is 42.5. The number of halogens is 3. The maximum atomic E-state index is 15.5. The molecule has 1 saturated heterocycles. The smallest absolute Gasteiger partial charge is 0.271 e. The number of likely N-dealkylation sites (N-methyl/N-ethyl adjacent to an activating group) is 1. The van der Waals surface area contributed by atoms with Crippen LogP contribution in [0.25, 0.3) is 26.5 Å². The van der Waals surface area contributed by atoms with Crippen molar-refractivity contribution in [1.29, 1.82) is 0 Å². The predicted octanol–water partition coefficient (Wildman–Crippen LogP) is 7.40. The van der Waals surface area contributed by atoms with Crippen molar-refractivity contribution in [2.24, 2.45) is 0 Å². The Morgan fingerprint density at radius 3 is 2.42 bits per heavy atom. The molecule has 1 aliphatic heterocycles. The lowest BCUT2D eigenvalue weighted by Gasteiger charge is -2.32. The molecule has 268 valence electrons. The number of thiophene rings is 1. The van der Waals surface area contributed by atoms with E-state index in [2.05, 4.69) is 33.2 Å². The molecule has 1 fully saturated rings. The third-order valence-corrected chi connectivity index (χ3v) is 9.71. The molecule has 0 aliphatic carbocycles. The van der Waals surface area contributed by atoms with E-state index in [-0.39, 0.29) is 41.8 Å². The van der Waals surface area contributed by atoms with Gasteiger partial charge in [0.05, 0.1) is 27.4 Å². The first kappa shape index (κ1) is 36.6. The van der Waals surface area contributed by atoms with Gasteiger partial charge in [0.2, 0.25) is 0 Å². The third kappa shape index (κ3) is 7.97. The van der Waals surface area contributed by atoms with E-state index in [1.165, 1.54) is 64.6 Å². The molecule has 0 atom stereocenters. The highest BCUT2D eigenvalue weighted by Crippen LogP contribution is 2.39. The molecule has 4 aromatic heterocycles. The van der Waals surface area contributed by atoms with Crippen LogP contribution in [0, 0.1) is 11.6 Å².